The lowest BCUT2D eigenvalue weighted by atomic mass is 9.87. The molecule has 0 fully saturated rings. The standard InChI is InChI=1S/C16H25ClN2O2/c1-4-5-6-9-16(2,3)12-18-11-13-7-8-14(17)15(10-13)19(20)21/h7-8,10,18H,4-6,9,11-12H2,1-3H3. The molecule has 0 bridgehead atoms. The summed E-state index contributed by atoms with van der Waals surface area (Å²) in [4.78, 5) is 10.4. The molecule has 0 amide bonds. The molecule has 0 aliphatic heterocycles. The second-order valence-corrected chi connectivity index (χ2v) is 6.67. The molecule has 4 nitrogen and oxygen atoms in total. The summed E-state index contributed by atoms with van der Waals surface area (Å²) in [5.74, 6) is 0. The van der Waals surface area contributed by atoms with E-state index >= 15 is 0 Å². The van der Waals surface area contributed by atoms with Crippen LogP contribution in [0.5, 0.6) is 0 Å². The summed E-state index contributed by atoms with van der Waals surface area (Å²) < 4.78 is 0. The third-order valence-corrected chi connectivity index (χ3v) is 3.92. The normalized spacial score (nSPS) is 11.6. The van der Waals surface area contributed by atoms with Gasteiger partial charge in [0.25, 0.3) is 5.69 Å². The zero-order valence-electron chi connectivity index (χ0n) is 13.1. The number of hydrogen-bond donors (Lipinski definition) is 1. The maximum absolute atomic E-state index is 10.9. The molecule has 0 aliphatic carbocycles. The summed E-state index contributed by atoms with van der Waals surface area (Å²) in [6.45, 7) is 8.22. The highest BCUT2D eigenvalue weighted by atomic mass is 35.5. The van der Waals surface area contributed by atoms with E-state index in [9.17, 15) is 10.1 Å². The first-order valence-electron chi connectivity index (χ1n) is 7.49. The van der Waals surface area contributed by atoms with Crippen molar-refractivity contribution in [2.24, 2.45) is 5.41 Å². The molecule has 0 radical (unpaired) electrons. The van der Waals surface area contributed by atoms with Crippen molar-refractivity contribution in [2.75, 3.05) is 6.54 Å². The van der Waals surface area contributed by atoms with E-state index in [2.05, 4.69) is 26.1 Å². The van der Waals surface area contributed by atoms with Crippen LogP contribution in [0.3, 0.4) is 0 Å². The lowest BCUT2D eigenvalue weighted by Gasteiger charge is -2.25. The molecular formula is C16H25ClN2O2. The fraction of sp³-hybridized carbons (Fsp3) is 0.625. The predicted molar refractivity (Wildman–Crippen MR) is 87.7 cm³/mol. The van der Waals surface area contributed by atoms with Gasteiger partial charge in [-0.2, -0.15) is 0 Å². The first kappa shape index (κ1) is 17.9. The maximum Gasteiger partial charge on any atom is 0.288 e. The molecule has 118 valence electrons. The maximum atomic E-state index is 10.9. The largest absolute Gasteiger partial charge is 0.312 e. The summed E-state index contributed by atoms with van der Waals surface area (Å²) in [6.07, 6.45) is 4.94. The van der Waals surface area contributed by atoms with Crippen LogP contribution in [0.1, 0.15) is 52.0 Å². The molecular weight excluding hydrogens is 288 g/mol. The zero-order chi connectivity index (χ0) is 15.9. The van der Waals surface area contributed by atoms with Crippen LogP contribution in [0.2, 0.25) is 5.02 Å². The van der Waals surface area contributed by atoms with Gasteiger partial charge in [0.2, 0.25) is 0 Å². The Bertz CT molecular complexity index is 475. The Morgan fingerprint density at radius 3 is 2.67 bits per heavy atom. The van der Waals surface area contributed by atoms with E-state index < -0.39 is 4.92 Å². The molecule has 0 aromatic heterocycles. The zero-order valence-corrected chi connectivity index (χ0v) is 13.9. The van der Waals surface area contributed by atoms with E-state index in [1.54, 1.807) is 12.1 Å². The molecule has 1 aromatic rings. The summed E-state index contributed by atoms with van der Waals surface area (Å²) in [6, 6.07) is 4.95. The van der Waals surface area contributed by atoms with Gasteiger partial charge < -0.3 is 5.32 Å². The van der Waals surface area contributed by atoms with Gasteiger partial charge in [0.05, 0.1) is 4.92 Å². The van der Waals surface area contributed by atoms with Crippen molar-refractivity contribution < 1.29 is 4.92 Å². The smallest absolute Gasteiger partial charge is 0.288 e. The summed E-state index contributed by atoms with van der Waals surface area (Å²) in [5, 5.41) is 14.4. The topological polar surface area (TPSA) is 55.2 Å². The number of nitrogens with zero attached hydrogens (tertiary/aromatic N) is 1. The summed E-state index contributed by atoms with van der Waals surface area (Å²) in [7, 11) is 0. The number of halogens is 1. The van der Waals surface area contributed by atoms with Crippen LogP contribution in [0.25, 0.3) is 0 Å². The number of nitrogens with one attached hydrogen (secondary N) is 1. The SMILES string of the molecule is CCCCCC(C)(C)CNCc1ccc(Cl)c([N+](=O)[O-])c1. The first-order chi connectivity index (χ1) is 9.85. The highest BCUT2D eigenvalue weighted by Crippen LogP contribution is 2.26. The van der Waals surface area contributed by atoms with Gasteiger partial charge in [-0.05, 0) is 23.5 Å². The van der Waals surface area contributed by atoms with E-state index in [0.29, 0.717) is 6.54 Å². The minimum absolute atomic E-state index is 0.0295. The average molecular weight is 313 g/mol. The van der Waals surface area contributed by atoms with Crippen LogP contribution in [0.4, 0.5) is 5.69 Å². The van der Waals surface area contributed by atoms with Gasteiger partial charge in [-0.1, -0.05) is 57.7 Å². The van der Waals surface area contributed by atoms with Gasteiger partial charge in [0.15, 0.2) is 0 Å². The highest BCUT2D eigenvalue weighted by molar-refractivity contribution is 6.32. The number of hydrogen-bond acceptors (Lipinski definition) is 3. The number of nitro benzene ring substituents is 1. The molecule has 21 heavy (non-hydrogen) atoms. The first-order valence-corrected chi connectivity index (χ1v) is 7.87. The molecule has 5 heteroatoms. The third-order valence-electron chi connectivity index (χ3n) is 3.60. The van der Waals surface area contributed by atoms with Gasteiger partial charge in [0, 0.05) is 19.2 Å². The average Bonchev–Trinajstić information content (AvgIpc) is 2.40. The summed E-state index contributed by atoms with van der Waals surface area (Å²) in [5.41, 5.74) is 1.10. The summed E-state index contributed by atoms with van der Waals surface area (Å²) >= 11 is 5.81. The molecule has 0 heterocycles. The van der Waals surface area contributed by atoms with Crippen molar-refractivity contribution in [1.82, 2.24) is 5.32 Å². The van der Waals surface area contributed by atoms with Gasteiger partial charge in [-0.3, -0.25) is 10.1 Å². The Morgan fingerprint density at radius 1 is 1.33 bits per heavy atom. The van der Waals surface area contributed by atoms with Crippen molar-refractivity contribution in [1.29, 1.82) is 0 Å². The predicted octanol–water partition coefficient (Wildman–Crippen LogP) is 4.94. The number of unbranched alkanes of at least 4 members (excludes halogenated alkanes) is 2. The number of nitro groups is 1. The Morgan fingerprint density at radius 2 is 2.05 bits per heavy atom. The van der Waals surface area contributed by atoms with E-state index in [0.717, 1.165) is 12.1 Å². The fourth-order valence-corrected chi connectivity index (χ4v) is 2.48. The molecule has 1 rings (SSSR count). The minimum atomic E-state index is -0.444. The van der Waals surface area contributed by atoms with Crippen molar-refractivity contribution in [2.45, 2.75) is 53.0 Å². The van der Waals surface area contributed by atoms with Crippen LogP contribution in [0, 0.1) is 15.5 Å². The molecule has 0 saturated heterocycles. The van der Waals surface area contributed by atoms with Gasteiger partial charge in [-0.15, -0.1) is 0 Å². The fourth-order valence-electron chi connectivity index (χ4n) is 2.30. The van der Waals surface area contributed by atoms with Crippen LogP contribution < -0.4 is 5.32 Å². The molecule has 0 saturated carbocycles. The lowest BCUT2D eigenvalue weighted by Crippen LogP contribution is -2.29. The molecule has 0 atom stereocenters. The van der Waals surface area contributed by atoms with Crippen molar-refractivity contribution >= 4 is 17.3 Å². The number of rotatable bonds is 9. The highest BCUT2D eigenvalue weighted by Gasteiger charge is 2.17. The van der Waals surface area contributed by atoms with Gasteiger partial charge in [0.1, 0.15) is 5.02 Å². The van der Waals surface area contributed by atoms with Crippen LogP contribution in [0.15, 0.2) is 18.2 Å². The van der Waals surface area contributed by atoms with Crippen LogP contribution in [-0.4, -0.2) is 11.5 Å². The van der Waals surface area contributed by atoms with E-state index in [-0.39, 0.29) is 16.1 Å². The van der Waals surface area contributed by atoms with Crippen molar-refractivity contribution in [3.8, 4) is 0 Å². The Labute approximate surface area is 132 Å². The minimum Gasteiger partial charge on any atom is -0.312 e. The lowest BCUT2D eigenvalue weighted by molar-refractivity contribution is -0.384. The van der Waals surface area contributed by atoms with Crippen LogP contribution >= 0.6 is 11.6 Å². The second kappa shape index (κ2) is 8.35. The Hall–Kier alpha value is -1.13. The van der Waals surface area contributed by atoms with Crippen molar-refractivity contribution in [3.63, 3.8) is 0 Å². The molecule has 1 aromatic carbocycles. The second-order valence-electron chi connectivity index (χ2n) is 6.27. The monoisotopic (exact) mass is 312 g/mol. The molecule has 0 aliphatic rings. The van der Waals surface area contributed by atoms with Crippen LogP contribution in [-0.2, 0) is 6.54 Å². The molecule has 0 unspecified atom stereocenters. The van der Waals surface area contributed by atoms with E-state index in [1.807, 2.05) is 6.07 Å². The molecule has 0 spiro atoms. The molecule has 1 N–H and O–H groups in total. The van der Waals surface area contributed by atoms with Gasteiger partial charge >= 0.3 is 0 Å². The van der Waals surface area contributed by atoms with E-state index in [1.165, 1.54) is 25.7 Å². The van der Waals surface area contributed by atoms with Crippen molar-refractivity contribution in [3.05, 3.63) is 38.9 Å². The van der Waals surface area contributed by atoms with Gasteiger partial charge in [-0.25, -0.2) is 0 Å². The Balaban J connectivity index is 2.48. The quantitative estimate of drug-likeness (QED) is 0.399. The van der Waals surface area contributed by atoms with E-state index in [4.69, 9.17) is 11.6 Å². The Kier molecular flexibility index (Phi) is 7.12. The third kappa shape index (κ3) is 6.44. The number of benzene rings is 1.